The van der Waals surface area contributed by atoms with Crippen LogP contribution in [0.3, 0.4) is 0 Å². The van der Waals surface area contributed by atoms with Crippen LogP contribution in [0, 0.1) is 12.8 Å². The molecule has 5 nitrogen and oxygen atoms in total. The number of hydrogen-bond acceptors (Lipinski definition) is 4. The first-order valence-electron chi connectivity index (χ1n) is 7.73. The lowest BCUT2D eigenvalue weighted by atomic mass is 9.77. The van der Waals surface area contributed by atoms with Crippen molar-refractivity contribution in [1.82, 2.24) is 10.3 Å². The second-order valence-electron chi connectivity index (χ2n) is 6.44. The van der Waals surface area contributed by atoms with Gasteiger partial charge < -0.3 is 5.32 Å². The number of carbonyl (C=O) groups excluding carboxylic acids is 2. The van der Waals surface area contributed by atoms with Gasteiger partial charge in [-0.3, -0.25) is 14.9 Å². The van der Waals surface area contributed by atoms with Crippen LogP contribution in [0.25, 0.3) is 5.57 Å². The molecule has 2 unspecified atom stereocenters. The van der Waals surface area contributed by atoms with Gasteiger partial charge in [0.25, 0.3) is 11.8 Å². The molecule has 2 aliphatic heterocycles. The maximum atomic E-state index is 12.4. The van der Waals surface area contributed by atoms with E-state index in [0.717, 1.165) is 47.5 Å². The molecule has 22 heavy (non-hydrogen) atoms. The van der Waals surface area contributed by atoms with Gasteiger partial charge in [0.05, 0.1) is 17.2 Å². The minimum Gasteiger partial charge on any atom is -0.362 e. The number of fused-ring (bicyclic) bond motifs is 6. The largest absolute Gasteiger partial charge is 0.362 e. The zero-order valence-electron chi connectivity index (χ0n) is 12.2. The highest BCUT2D eigenvalue weighted by Gasteiger charge is 2.49. The molecule has 2 N–H and O–H groups in total. The van der Waals surface area contributed by atoms with Crippen LogP contribution in [-0.4, -0.2) is 22.8 Å². The Balaban J connectivity index is 1.83. The highest BCUT2D eigenvalue weighted by atomic mass is 16.2. The zero-order chi connectivity index (χ0) is 15.0. The molecule has 3 heterocycles. The fourth-order valence-corrected chi connectivity index (χ4v) is 4.43. The van der Waals surface area contributed by atoms with Gasteiger partial charge >= 0.3 is 0 Å². The van der Waals surface area contributed by atoms with Crippen molar-refractivity contribution in [2.45, 2.75) is 32.2 Å². The normalized spacial score (nSPS) is 28.2. The number of imide groups is 1. The molecule has 2 atom stereocenters. The zero-order valence-corrected chi connectivity index (χ0v) is 12.2. The highest BCUT2D eigenvalue weighted by Crippen LogP contribution is 2.52. The first kappa shape index (κ1) is 12.1. The van der Waals surface area contributed by atoms with E-state index in [1.165, 1.54) is 0 Å². The number of rotatable bonds is 0. The summed E-state index contributed by atoms with van der Waals surface area (Å²) < 4.78 is 0. The summed E-state index contributed by atoms with van der Waals surface area (Å²) >= 11 is 0. The van der Waals surface area contributed by atoms with Crippen LogP contribution in [0.4, 0.5) is 5.82 Å². The van der Waals surface area contributed by atoms with E-state index in [1.54, 1.807) is 0 Å². The number of amides is 2. The molecule has 2 aliphatic carbocycles. The summed E-state index contributed by atoms with van der Waals surface area (Å²) in [5.41, 5.74) is 5.27. The van der Waals surface area contributed by atoms with Crippen molar-refractivity contribution in [3.63, 3.8) is 0 Å². The number of anilines is 1. The Morgan fingerprint density at radius 2 is 2.00 bits per heavy atom. The summed E-state index contributed by atoms with van der Waals surface area (Å²) in [6.07, 6.45) is 3.05. The van der Waals surface area contributed by atoms with E-state index in [-0.39, 0.29) is 17.9 Å². The molecule has 2 amide bonds. The fraction of sp³-hybridized carbons (Fsp3) is 0.353. The van der Waals surface area contributed by atoms with Crippen molar-refractivity contribution < 1.29 is 9.59 Å². The molecule has 1 saturated heterocycles. The van der Waals surface area contributed by atoms with Crippen LogP contribution in [0.5, 0.6) is 0 Å². The summed E-state index contributed by atoms with van der Waals surface area (Å²) in [7, 11) is 0. The van der Waals surface area contributed by atoms with E-state index >= 15 is 0 Å². The second kappa shape index (κ2) is 3.85. The molecule has 5 heteroatoms. The molecule has 1 aromatic rings. The maximum Gasteiger partial charge on any atom is 0.259 e. The number of aromatic nitrogens is 1. The van der Waals surface area contributed by atoms with Crippen LogP contribution in [0.1, 0.15) is 30.5 Å². The first-order chi connectivity index (χ1) is 10.6. The number of nitrogens with one attached hydrogen (secondary N) is 2. The van der Waals surface area contributed by atoms with E-state index in [0.29, 0.717) is 17.1 Å². The number of pyridine rings is 1. The Morgan fingerprint density at radius 3 is 2.86 bits per heavy atom. The smallest absolute Gasteiger partial charge is 0.259 e. The second-order valence-corrected chi connectivity index (χ2v) is 6.44. The minimum absolute atomic E-state index is 0.0807. The van der Waals surface area contributed by atoms with Crippen molar-refractivity contribution in [2.75, 3.05) is 5.32 Å². The van der Waals surface area contributed by atoms with Crippen LogP contribution in [0.2, 0.25) is 0 Å². The lowest BCUT2D eigenvalue weighted by Gasteiger charge is -2.28. The standard InChI is InChI=1S/C17H15N3O2/c1-7-5-6-10-11-13-12(16(21)20-17(13)22)8-3-2-4-9(8)14(11)19-15(10)18-7/h5-6,9,14H,2-4H2,1H3,(H,18,19)(H,20,21,22). The van der Waals surface area contributed by atoms with Gasteiger partial charge in [0.2, 0.25) is 0 Å². The molecule has 1 aromatic heterocycles. The summed E-state index contributed by atoms with van der Waals surface area (Å²) in [4.78, 5) is 29.2. The van der Waals surface area contributed by atoms with Crippen molar-refractivity contribution in [1.29, 1.82) is 0 Å². The molecular weight excluding hydrogens is 278 g/mol. The van der Waals surface area contributed by atoms with Crippen molar-refractivity contribution in [3.8, 4) is 0 Å². The van der Waals surface area contributed by atoms with Crippen LogP contribution in [-0.2, 0) is 9.59 Å². The third-order valence-corrected chi connectivity index (χ3v) is 5.26. The lowest BCUT2D eigenvalue weighted by molar-refractivity contribution is -0.123. The van der Waals surface area contributed by atoms with E-state index in [4.69, 9.17) is 0 Å². The average molecular weight is 293 g/mol. The SMILES string of the molecule is Cc1ccc2c(n1)NC1C2=C2C(=O)NC(=O)C2=C2CCCC21. The molecule has 5 rings (SSSR count). The summed E-state index contributed by atoms with van der Waals surface area (Å²) in [6, 6.07) is 4.05. The summed E-state index contributed by atoms with van der Waals surface area (Å²) in [5, 5.41) is 5.99. The van der Waals surface area contributed by atoms with E-state index in [9.17, 15) is 9.59 Å². The fourth-order valence-electron chi connectivity index (χ4n) is 4.43. The molecule has 0 aromatic carbocycles. The predicted octanol–water partition coefficient (Wildman–Crippen LogP) is 1.70. The van der Waals surface area contributed by atoms with Crippen molar-refractivity contribution in [2.24, 2.45) is 5.92 Å². The van der Waals surface area contributed by atoms with E-state index in [2.05, 4.69) is 15.6 Å². The van der Waals surface area contributed by atoms with E-state index < -0.39 is 0 Å². The molecule has 0 spiro atoms. The third-order valence-electron chi connectivity index (χ3n) is 5.26. The molecule has 0 bridgehead atoms. The lowest BCUT2D eigenvalue weighted by Crippen LogP contribution is -2.30. The summed E-state index contributed by atoms with van der Waals surface area (Å²) in [5.74, 6) is 0.668. The number of nitrogens with zero attached hydrogens (tertiary/aromatic N) is 1. The molecule has 110 valence electrons. The number of carbonyl (C=O) groups is 2. The van der Waals surface area contributed by atoms with Gasteiger partial charge in [0, 0.05) is 17.2 Å². The number of hydrogen-bond donors (Lipinski definition) is 2. The first-order valence-corrected chi connectivity index (χ1v) is 7.73. The Bertz CT molecular complexity index is 834. The van der Waals surface area contributed by atoms with Gasteiger partial charge in [-0.15, -0.1) is 0 Å². The van der Waals surface area contributed by atoms with Gasteiger partial charge in [-0.25, -0.2) is 4.98 Å². The van der Waals surface area contributed by atoms with Crippen LogP contribution in [0.15, 0.2) is 28.9 Å². The highest BCUT2D eigenvalue weighted by molar-refractivity contribution is 6.29. The third kappa shape index (κ3) is 1.31. The minimum atomic E-state index is -0.256. The van der Waals surface area contributed by atoms with Crippen molar-refractivity contribution in [3.05, 3.63) is 40.1 Å². The number of aryl methyl sites for hydroxylation is 1. The van der Waals surface area contributed by atoms with Gasteiger partial charge in [-0.1, -0.05) is 5.57 Å². The van der Waals surface area contributed by atoms with Gasteiger partial charge in [0.15, 0.2) is 0 Å². The van der Waals surface area contributed by atoms with E-state index in [1.807, 2.05) is 19.1 Å². The Hall–Kier alpha value is -2.43. The van der Waals surface area contributed by atoms with Gasteiger partial charge in [-0.2, -0.15) is 0 Å². The van der Waals surface area contributed by atoms with Gasteiger partial charge in [0.1, 0.15) is 5.82 Å². The molecule has 4 aliphatic rings. The Kier molecular flexibility index (Phi) is 2.13. The van der Waals surface area contributed by atoms with Gasteiger partial charge in [-0.05, 0) is 43.9 Å². The van der Waals surface area contributed by atoms with Crippen molar-refractivity contribution >= 4 is 23.2 Å². The van der Waals surface area contributed by atoms with Crippen LogP contribution >= 0.6 is 0 Å². The maximum absolute atomic E-state index is 12.4. The Morgan fingerprint density at radius 1 is 1.18 bits per heavy atom. The molecular formula is C17H15N3O2. The molecule has 1 saturated carbocycles. The predicted molar refractivity (Wildman–Crippen MR) is 80.8 cm³/mol. The average Bonchev–Trinajstić information content (AvgIpc) is 3.13. The topological polar surface area (TPSA) is 71.1 Å². The Labute approximate surface area is 127 Å². The summed E-state index contributed by atoms with van der Waals surface area (Å²) in [6.45, 7) is 1.96. The van der Waals surface area contributed by atoms with Crippen LogP contribution < -0.4 is 10.6 Å². The quantitative estimate of drug-likeness (QED) is 0.714. The molecule has 0 radical (unpaired) electrons. The molecule has 2 fully saturated rings. The monoisotopic (exact) mass is 293 g/mol.